The number of hydrogen-bond acceptors (Lipinski definition) is 1. The summed E-state index contributed by atoms with van der Waals surface area (Å²) in [5, 5.41) is 2.04. The van der Waals surface area contributed by atoms with E-state index in [9.17, 15) is 0 Å². The highest BCUT2D eigenvalue weighted by molar-refractivity contribution is 6.31. The van der Waals surface area contributed by atoms with Crippen LogP contribution in [0.15, 0.2) is 48.5 Å². The molecule has 1 aliphatic heterocycles. The van der Waals surface area contributed by atoms with E-state index in [1.54, 1.807) is 0 Å². The Morgan fingerprint density at radius 1 is 1.04 bits per heavy atom. The molecule has 0 saturated carbocycles. The predicted octanol–water partition coefficient (Wildman–Crippen LogP) is 5.31. The second-order valence-electron chi connectivity index (χ2n) is 6.88. The average Bonchev–Trinajstić information content (AvgIpc) is 2.76. The minimum Gasteiger partial charge on any atom is -0.342 e. The predicted molar refractivity (Wildman–Crippen MR) is 107 cm³/mol. The maximum atomic E-state index is 6.78. The van der Waals surface area contributed by atoms with Crippen LogP contribution in [0.1, 0.15) is 22.2 Å². The zero-order valence-electron chi connectivity index (χ0n) is 14.4. The number of hydrogen-bond donors (Lipinski definition) is 0. The Kier molecular flexibility index (Phi) is 4.77. The fraction of sp³-hybridized carbons (Fsp3) is 0.333. The Hall–Kier alpha value is -1.48. The van der Waals surface area contributed by atoms with Crippen LogP contribution < -0.4 is 0 Å². The number of alkyl halides is 1. The molecule has 2 nitrogen and oxygen atoms in total. The van der Waals surface area contributed by atoms with Gasteiger partial charge in [0, 0.05) is 47.7 Å². The molecule has 1 aliphatic rings. The average molecular weight is 373 g/mol. The lowest BCUT2D eigenvalue weighted by Crippen LogP contribution is -2.21. The number of halogens is 2. The Balaban J connectivity index is 1.80. The van der Waals surface area contributed by atoms with Gasteiger partial charge < -0.3 is 9.47 Å². The normalized spacial score (nSPS) is 16.6. The van der Waals surface area contributed by atoms with E-state index in [1.165, 1.54) is 27.7 Å². The van der Waals surface area contributed by atoms with Crippen molar-refractivity contribution in [2.45, 2.75) is 24.8 Å². The summed E-state index contributed by atoms with van der Waals surface area (Å²) >= 11 is 13.1. The van der Waals surface area contributed by atoms with Crippen LogP contribution in [0.4, 0.5) is 0 Å². The maximum absolute atomic E-state index is 6.78. The van der Waals surface area contributed by atoms with Gasteiger partial charge in [0.05, 0.1) is 5.38 Å². The summed E-state index contributed by atoms with van der Waals surface area (Å²) in [6, 6.07) is 16.6. The van der Waals surface area contributed by atoms with E-state index in [0.29, 0.717) is 0 Å². The fourth-order valence-electron chi connectivity index (χ4n) is 3.86. The summed E-state index contributed by atoms with van der Waals surface area (Å²) in [6.45, 7) is 2.94. The van der Waals surface area contributed by atoms with Crippen molar-refractivity contribution < 1.29 is 0 Å². The largest absolute Gasteiger partial charge is 0.342 e. The van der Waals surface area contributed by atoms with Crippen LogP contribution in [0.2, 0.25) is 5.02 Å². The van der Waals surface area contributed by atoms with Gasteiger partial charge in [-0.15, -0.1) is 11.6 Å². The molecule has 0 bridgehead atoms. The van der Waals surface area contributed by atoms with Crippen LogP contribution in [0, 0.1) is 0 Å². The quantitative estimate of drug-likeness (QED) is 0.565. The Labute approximate surface area is 159 Å². The van der Waals surface area contributed by atoms with Crippen LogP contribution >= 0.6 is 23.2 Å². The van der Waals surface area contributed by atoms with Gasteiger partial charge in [-0.05, 0) is 42.8 Å². The molecule has 1 atom stereocenters. The van der Waals surface area contributed by atoms with Crippen LogP contribution in [0.3, 0.4) is 0 Å². The molecule has 0 spiro atoms. The molecule has 2 aromatic carbocycles. The van der Waals surface area contributed by atoms with Gasteiger partial charge in [0.15, 0.2) is 0 Å². The lowest BCUT2D eigenvalue weighted by atomic mass is 10.1. The number of benzene rings is 2. The van der Waals surface area contributed by atoms with Crippen LogP contribution in [0.5, 0.6) is 0 Å². The molecule has 4 rings (SSSR count). The lowest BCUT2D eigenvalue weighted by Gasteiger charge is -2.17. The summed E-state index contributed by atoms with van der Waals surface area (Å²) < 4.78 is 2.42. The molecule has 1 unspecified atom stereocenters. The van der Waals surface area contributed by atoms with E-state index < -0.39 is 0 Å². The van der Waals surface area contributed by atoms with Crippen LogP contribution in [0.25, 0.3) is 10.9 Å². The van der Waals surface area contributed by atoms with Gasteiger partial charge in [0.25, 0.3) is 0 Å². The van der Waals surface area contributed by atoms with Crippen LogP contribution in [-0.2, 0) is 19.4 Å². The highest BCUT2D eigenvalue weighted by Gasteiger charge is 2.22. The molecule has 0 N–H and O–H groups in total. The topological polar surface area (TPSA) is 8.17 Å². The molecule has 130 valence electrons. The second-order valence-corrected chi connectivity index (χ2v) is 7.84. The van der Waals surface area contributed by atoms with Crippen molar-refractivity contribution in [2.24, 2.45) is 0 Å². The van der Waals surface area contributed by atoms with E-state index >= 15 is 0 Å². The SMILES string of the molecule is CN1CCc2c(n(CC(Cl)c3ccccc3)c3ccc(Cl)cc23)CC1. The van der Waals surface area contributed by atoms with Crippen molar-refractivity contribution in [1.82, 2.24) is 9.47 Å². The molecular weight excluding hydrogens is 351 g/mol. The van der Waals surface area contributed by atoms with E-state index in [-0.39, 0.29) is 5.38 Å². The summed E-state index contributed by atoms with van der Waals surface area (Å²) in [5.74, 6) is 0. The highest BCUT2D eigenvalue weighted by atomic mass is 35.5. The van der Waals surface area contributed by atoms with Crippen molar-refractivity contribution in [3.8, 4) is 0 Å². The van der Waals surface area contributed by atoms with Gasteiger partial charge in [0.1, 0.15) is 0 Å². The van der Waals surface area contributed by atoms with Crippen molar-refractivity contribution in [2.75, 3.05) is 20.1 Å². The maximum Gasteiger partial charge on any atom is 0.0764 e. The molecule has 0 amide bonds. The van der Waals surface area contributed by atoms with Crippen molar-refractivity contribution >= 4 is 34.1 Å². The van der Waals surface area contributed by atoms with Gasteiger partial charge >= 0.3 is 0 Å². The number of likely N-dealkylation sites (N-methyl/N-ethyl adjacent to an activating group) is 1. The van der Waals surface area contributed by atoms with Crippen molar-refractivity contribution in [3.05, 3.63) is 70.4 Å². The number of rotatable bonds is 3. The highest BCUT2D eigenvalue weighted by Crippen LogP contribution is 2.34. The summed E-state index contributed by atoms with van der Waals surface area (Å²) in [4.78, 5) is 2.40. The Morgan fingerprint density at radius 3 is 2.60 bits per heavy atom. The number of fused-ring (bicyclic) bond motifs is 3. The van der Waals surface area contributed by atoms with Crippen molar-refractivity contribution in [3.63, 3.8) is 0 Å². The summed E-state index contributed by atoms with van der Waals surface area (Å²) in [6.07, 6.45) is 2.12. The number of aromatic nitrogens is 1. The zero-order chi connectivity index (χ0) is 17.4. The minimum absolute atomic E-state index is 0.0439. The first-order valence-electron chi connectivity index (χ1n) is 8.80. The Bertz CT molecular complexity index is 886. The third kappa shape index (κ3) is 3.31. The second kappa shape index (κ2) is 7.03. The summed E-state index contributed by atoms with van der Waals surface area (Å²) in [7, 11) is 2.19. The molecule has 4 heteroatoms. The molecule has 0 saturated heterocycles. The number of nitrogens with zero attached hydrogens (tertiary/aromatic N) is 2. The van der Waals surface area contributed by atoms with E-state index in [2.05, 4.69) is 40.8 Å². The van der Waals surface area contributed by atoms with Gasteiger partial charge in [-0.1, -0.05) is 41.9 Å². The van der Waals surface area contributed by atoms with E-state index in [4.69, 9.17) is 23.2 Å². The van der Waals surface area contributed by atoms with Gasteiger partial charge in [-0.3, -0.25) is 0 Å². The molecule has 1 aromatic heterocycles. The fourth-order valence-corrected chi connectivity index (χ4v) is 4.32. The zero-order valence-corrected chi connectivity index (χ0v) is 15.9. The molecular formula is C21H22Cl2N2. The molecule has 0 radical (unpaired) electrons. The standard InChI is InChI=1S/C21H22Cl2N2/c1-24-11-9-17-18-13-16(22)7-8-20(18)25(21(17)10-12-24)14-19(23)15-5-3-2-4-6-15/h2-8,13,19H,9-12,14H2,1H3. The van der Waals surface area contributed by atoms with Gasteiger partial charge in [-0.25, -0.2) is 0 Å². The van der Waals surface area contributed by atoms with Gasteiger partial charge in [0.2, 0.25) is 0 Å². The molecule has 3 aromatic rings. The van der Waals surface area contributed by atoms with E-state index in [1.807, 2.05) is 24.3 Å². The minimum atomic E-state index is -0.0439. The molecule has 2 heterocycles. The first-order valence-corrected chi connectivity index (χ1v) is 9.62. The third-order valence-corrected chi connectivity index (χ3v) is 5.85. The molecule has 0 fully saturated rings. The first kappa shape index (κ1) is 17.0. The smallest absolute Gasteiger partial charge is 0.0764 e. The monoisotopic (exact) mass is 372 g/mol. The lowest BCUT2D eigenvalue weighted by molar-refractivity contribution is 0.350. The Morgan fingerprint density at radius 2 is 1.80 bits per heavy atom. The molecule has 25 heavy (non-hydrogen) atoms. The summed E-state index contributed by atoms with van der Waals surface area (Å²) in [5.41, 5.74) is 5.28. The first-order chi connectivity index (χ1) is 12.1. The van der Waals surface area contributed by atoms with Crippen LogP contribution in [-0.4, -0.2) is 29.6 Å². The van der Waals surface area contributed by atoms with Gasteiger partial charge in [-0.2, -0.15) is 0 Å². The van der Waals surface area contributed by atoms with E-state index in [0.717, 1.165) is 37.5 Å². The molecule has 0 aliphatic carbocycles. The third-order valence-electron chi connectivity index (χ3n) is 5.23. The van der Waals surface area contributed by atoms with Crippen molar-refractivity contribution in [1.29, 1.82) is 0 Å².